The highest BCUT2D eigenvalue weighted by molar-refractivity contribution is 7.99. The quantitative estimate of drug-likeness (QED) is 0.516. The van der Waals surface area contributed by atoms with E-state index in [9.17, 15) is 17.6 Å². The number of anilines is 1. The molecular formula is C20H19FN4O5S2. The number of halogens is 1. The van der Waals surface area contributed by atoms with Crippen LogP contribution < -0.4 is 5.32 Å². The molecule has 2 heterocycles. The summed E-state index contributed by atoms with van der Waals surface area (Å²) in [6.45, 7) is 1.38. The second-order valence-electron chi connectivity index (χ2n) is 6.76. The van der Waals surface area contributed by atoms with Crippen LogP contribution in [0.2, 0.25) is 0 Å². The van der Waals surface area contributed by atoms with E-state index in [4.69, 9.17) is 9.15 Å². The predicted molar refractivity (Wildman–Crippen MR) is 115 cm³/mol. The number of amides is 1. The van der Waals surface area contributed by atoms with Crippen molar-refractivity contribution >= 4 is 33.4 Å². The monoisotopic (exact) mass is 478 g/mol. The number of ether oxygens (including phenoxy) is 1. The van der Waals surface area contributed by atoms with Crippen LogP contribution in [0.3, 0.4) is 0 Å². The molecule has 0 spiro atoms. The van der Waals surface area contributed by atoms with E-state index in [1.807, 2.05) is 0 Å². The Balaban J connectivity index is 1.31. The van der Waals surface area contributed by atoms with Gasteiger partial charge in [0.05, 0.1) is 23.9 Å². The molecule has 1 fully saturated rings. The Kier molecular flexibility index (Phi) is 6.84. The van der Waals surface area contributed by atoms with Gasteiger partial charge in [0.2, 0.25) is 21.8 Å². The van der Waals surface area contributed by atoms with Gasteiger partial charge in [-0.15, -0.1) is 10.2 Å². The third-order valence-electron chi connectivity index (χ3n) is 4.57. The lowest BCUT2D eigenvalue weighted by molar-refractivity contribution is -0.113. The van der Waals surface area contributed by atoms with Crippen molar-refractivity contribution in [2.75, 3.05) is 37.4 Å². The number of aromatic nitrogens is 2. The molecule has 1 N–H and O–H groups in total. The molecule has 0 aliphatic carbocycles. The maximum Gasteiger partial charge on any atom is 0.277 e. The maximum absolute atomic E-state index is 13.0. The standard InChI is InChI=1S/C20H19FN4O5S2/c21-15-3-1-14(2-4-15)19-23-24-20(30-19)31-13-18(26)22-16-5-7-17(8-6-16)32(27,28)25-9-11-29-12-10-25/h1-8H,9-13H2,(H,22,26). The number of nitrogens with zero attached hydrogens (tertiary/aromatic N) is 3. The zero-order chi connectivity index (χ0) is 22.6. The van der Waals surface area contributed by atoms with Gasteiger partial charge in [-0.1, -0.05) is 11.8 Å². The Morgan fingerprint density at radius 2 is 1.75 bits per heavy atom. The van der Waals surface area contributed by atoms with Crippen LogP contribution in [-0.4, -0.2) is 60.9 Å². The van der Waals surface area contributed by atoms with Gasteiger partial charge in [0.1, 0.15) is 5.82 Å². The van der Waals surface area contributed by atoms with E-state index < -0.39 is 10.0 Å². The van der Waals surface area contributed by atoms with E-state index in [1.54, 1.807) is 0 Å². The molecule has 1 aliphatic rings. The number of carbonyl (C=O) groups excluding carboxylic acids is 1. The average molecular weight is 479 g/mol. The minimum Gasteiger partial charge on any atom is -0.411 e. The molecule has 12 heteroatoms. The molecule has 32 heavy (non-hydrogen) atoms. The summed E-state index contributed by atoms with van der Waals surface area (Å²) in [7, 11) is -3.59. The number of thioether (sulfide) groups is 1. The predicted octanol–water partition coefficient (Wildman–Crippen LogP) is 2.63. The van der Waals surface area contributed by atoms with Gasteiger partial charge in [0.25, 0.3) is 5.22 Å². The van der Waals surface area contributed by atoms with Gasteiger partial charge in [-0.3, -0.25) is 4.79 Å². The average Bonchev–Trinajstić information content (AvgIpc) is 3.28. The largest absolute Gasteiger partial charge is 0.411 e. The van der Waals surface area contributed by atoms with Gasteiger partial charge in [-0.05, 0) is 48.5 Å². The molecule has 0 radical (unpaired) electrons. The molecular weight excluding hydrogens is 459 g/mol. The van der Waals surface area contributed by atoms with Crippen molar-refractivity contribution in [2.45, 2.75) is 10.1 Å². The molecule has 4 rings (SSSR count). The van der Waals surface area contributed by atoms with Gasteiger partial charge >= 0.3 is 0 Å². The van der Waals surface area contributed by atoms with Crippen molar-refractivity contribution in [1.29, 1.82) is 0 Å². The molecule has 1 saturated heterocycles. The minimum absolute atomic E-state index is 0.0128. The molecule has 1 aliphatic heterocycles. The van der Waals surface area contributed by atoms with Gasteiger partial charge in [0, 0.05) is 24.3 Å². The molecule has 2 aromatic carbocycles. The number of sulfonamides is 1. The van der Waals surface area contributed by atoms with Crippen LogP contribution in [0.5, 0.6) is 0 Å². The second kappa shape index (κ2) is 9.77. The van der Waals surface area contributed by atoms with Crippen LogP contribution in [0.25, 0.3) is 11.5 Å². The van der Waals surface area contributed by atoms with Crippen molar-refractivity contribution < 1.29 is 26.8 Å². The van der Waals surface area contributed by atoms with Crippen LogP contribution in [0.15, 0.2) is 63.1 Å². The highest BCUT2D eigenvalue weighted by Gasteiger charge is 2.26. The number of carbonyl (C=O) groups is 1. The first-order valence-electron chi connectivity index (χ1n) is 9.62. The first kappa shape index (κ1) is 22.4. The molecule has 0 unspecified atom stereocenters. The van der Waals surface area contributed by atoms with E-state index in [-0.39, 0.29) is 33.5 Å². The first-order chi connectivity index (χ1) is 15.4. The van der Waals surface area contributed by atoms with Crippen LogP contribution in [0.1, 0.15) is 0 Å². The number of nitrogens with one attached hydrogen (secondary N) is 1. The molecule has 0 bridgehead atoms. The molecule has 168 valence electrons. The fourth-order valence-electron chi connectivity index (χ4n) is 2.95. The Bertz CT molecular complexity index is 1180. The highest BCUT2D eigenvalue weighted by Crippen LogP contribution is 2.24. The van der Waals surface area contributed by atoms with Gasteiger partial charge in [-0.25, -0.2) is 12.8 Å². The summed E-state index contributed by atoms with van der Waals surface area (Å²) in [6.07, 6.45) is 0. The summed E-state index contributed by atoms with van der Waals surface area (Å²) in [5, 5.41) is 10.7. The Labute approximate surface area is 188 Å². The molecule has 0 saturated carbocycles. The minimum atomic E-state index is -3.59. The summed E-state index contributed by atoms with van der Waals surface area (Å²) < 4.78 is 50.3. The van der Waals surface area contributed by atoms with E-state index in [1.165, 1.54) is 52.8 Å². The molecule has 3 aromatic rings. The zero-order valence-corrected chi connectivity index (χ0v) is 18.4. The van der Waals surface area contributed by atoms with E-state index in [0.29, 0.717) is 37.6 Å². The van der Waals surface area contributed by atoms with Crippen molar-refractivity contribution in [3.63, 3.8) is 0 Å². The lowest BCUT2D eigenvalue weighted by atomic mass is 10.2. The van der Waals surface area contributed by atoms with E-state index in [2.05, 4.69) is 15.5 Å². The van der Waals surface area contributed by atoms with Crippen LogP contribution >= 0.6 is 11.8 Å². The fraction of sp³-hybridized carbons (Fsp3) is 0.250. The van der Waals surface area contributed by atoms with E-state index in [0.717, 1.165) is 11.8 Å². The van der Waals surface area contributed by atoms with E-state index >= 15 is 0 Å². The molecule has 1 amide bonds. The maximum atomic E-state index is 13.0. The van der Waals surface area contributed by atoms with Crippen molar-refractivity contribution in [3.05, 3.63) is 54.3 Å². The summed E-state index contributed by atoms with van der Waals surface area (Å²) in [6, 6.07) is 11.6. The third-order valence-corrected chi connectivity index (χ3v) is 7.30. The van der Waals surface area contributed by atoms with Gasteiger partial charge in [0.15, 0.2) is 0 Å². The summed E-state index contributed by atoms with van der Waals surface area (Å²) in [5.41, 5.74) is 1.04. The smallest absolute Gasteiger partial charge is 0.277 e. The highest BCUT2D eigenvalue weighted by atomic mass is 32.2. The topological polar surface area (TPSA) is 115 Å². The lowest BCUT2D eigenvalue weighted by Crippen LogP contribution is -2.40. The first-order valence-corrected chi connectivity index (χ1v) is 12.0. The van der Waals surface area contributed by atoms with Crippen molar-refractivity contribution in [1.82, 2.24) is 14.5 Å². The van der Waals surface area contributed by atoms with Crippen molar-refractivity contribution in [2.24, 2.45) is 0 Å². The second-order valence-corrected chi connectivity index (χ2v) is 9.62. The number of morpholine rings is 1. The molecule has 9 nitrogen and oxygen atoms in total. The Morgan fingerprint density at radius 1 is 1.06 bits per heavy atom. The summed E-state index contributed by atoms with van der Waals surface area (Å²) in [5.74, 6) is -0.449. The number of rotatable bonds is 7. The van der Waals surface area contributed by atoms with Crippen LogP contribution in [0, 0.1) is 5.82 Å². The summed E-state index contributed by atoms with van der Waals surface area (Å²) >= 11 is 1.05. The third kappa shape index (κ3) is 5.33. The van der Waals surface area contributed by atoms with Crippen LogP contribution in [0.4, 0.5) is 10.1 Å². The number of hydrogen-bond acceptors (Lipinski definition) is 8. The Morgan fingerprint density at radius 3 is 2.44 bits per heavy atom. The fourth-order valence-corrected chi connectivity index (χ4v) is 4.92. The molecule has 1 aromatic heterocycles. The van der Waals surface area contributed by atoms with Gasteiger partial charge < -0.3 is 14.5 Å². The van der Waals surface area contributed by atoms with Gasteiger partial charge in [-0.2, -0.15) is 4.31 Å². The Hall–Kier alpha value is -2.80. The number of benzene rings is 2. The lowest BCUT2D eigenvalue weighted by Gasteiger charge is -2.26. The number of hydrogen-bond donors (Lipinski definition) is 1. The van der Waals surface area contributed by atoms with Crippen LogP contribution in [-0.2, 0) is 19.6 Å². The summed E-state index contributed by atoms with van der Waals surface area (Å²) in [4.78, 5) is 12.4. The molecule has 0 atom stereocenters. The normalized spacial score (nSPS) is 14.9. The zero-order valence-electron chi connectivity index (χ0n) is 16.7. The van der Waals surface area contributed by atoms with Crippen molar-refractivity contribution in [3.8, 4) is 11.5 Å². The SMILES string of the molecule is O=C(CSc1nnc(-c2ccc(F)cc2)o1)Nc1ccc(S(=O)(=O)N2CCOCC2)cc1.